The highest BCUT2D eigenvalue weighted by atomic mass is 19.4. The van der Waals surface area contributed by atoms with Crippen LogP contribution in [0.2, 0.25) is 0 Å². The van der Waals surface area contributed by atoms with Crippen LogP contribution in [0.5, 0.6) is 0 Å². The van der Waals surface area contributed by atoms with Gasteiger partial charge in [0.1, 0.15) is 0 Å². The van der Waals surface area contributed by atoms with E-state index in [4.69, 9.17) is 10.5 Å². The molecule has 0 unspecified atom stereocenters. The van der Waals surface area contributed by atoms with Crippen molar-refractivity contribution in [2.24, 2.45) is 5.73 Å². The van der Waals surface area contributed by atoms with Crippen molar-refractivity contribution in [2.75, 3.05) is 5.32 Å². The van der Waals surface area contributed by atoms with Crippen molar-refractivity contribution in [3.8, 4) is 0 Å². The van der Waals surface area contributed by atoms with Crippen molar-refractivity contribution >= 4 is 29.5 Å². The number of benzene rings is 2. The van der Waals surface area contributed by atoms with Crippen LogP contribution in [0.3, 0.4) is 0 Å². The summed E-state index contributed by atoms with van der Waals surface area (Å²) in [6, 6.07) is 10.0. The molecule has 0 aliphatic carbocycles. The Labute approximate surface area is 164 Å². The Kier molecular flexibility index (Phi) is 6.76. The lowest BCUT2D eigenvalue weighted by Crippen LogP contribution is -2.29. The van der Waals surface area contributed by atoms with E-state index in [9.17, 15) is 27.6 Å². The van der Waals surface area contributed by atoms with Crippen LogP contribution in [-0.2, 0) is 20.5 Å². The first-order valence-corrected chi connectivity index (χ1v) is 8.33. The molecule has 2 amide bonds. The number of hydrogen-bond acceptors (Lipinski definition) is 4. The summed E-state index contributed by atoms with van der Waals surface area (Å²) in [6.45, 7) is 1.36. The molecule has 0 bridgehead atoms. The number of hydrogen-bond donors (Lipinski definition) is 2. The first kappa shape index (κ1) is 21.7. The fourth-order valence-electron chi connectivity index (χ4n) is 2.18. The number of amides is 2. The molecule has 2 aromatic carbocycles. The van der Waals surface area contributed by atoms with Crippen molar-refractivity contribution in [1.82, 2.24) is 0 Å². The number of nitrogens with one attached hydrogen (secondary N) is 1. The predicted molar refractivity (Wildman–Crippen MR) is 99.6 cm³/mol. The minimum absolute atomic E-state index is 0.274. The summed E-state index contributed by atoms with van der Waals surface area (Å²) < 4.78 is 42.5. The average Bonchev–Trinajstić information content (AvgIpc) is 2.66. The zero-order chi connectivity index (χ0) is 21.6. The van der Waals surface area contributed by atoms with Gasteiger partial charge in [0.2, 0.25) is 5.91 Å². The molecular formula is C20H17F3N2O4. The SMILES string of the molecule is C[C@@H](OC(=O)/C=C\c1ccc(C(F)(F)F)cc1)C(=O)Nc1ccc(C(N)=O)cc1. The van der Waals surface area contributed by atoms with Gasteiger partial charge in [0.25, 0.3) is 5.91 Å². The molecular weight excluding hydrogens is 389 g/mol. The number of carbonyl (C=O) groups is 3. The van der Waals surface area contributed by atoms with Gasteiger partial charge in [0.15, 0.2) is 6.10 Å². The largest absolute Gasteiger partial charge is 0.449 e. The van der Waals surface area contributed by atoms with Gasteiger partial charge in [-0.15, -0.1) is 0 Å². The molecule has 0 saturated carbocycles. The fraction of sp³-hybridized carbons (Fsp3) is 0.150. The summed E-state index contributed by atoms with van der Waals surface area (Å²) in [4.78, 5) is 34.9. The van der Waals surface area contributed by atoms with E-state index >= 15 is 0 Å². The predicted octanol–water partition coefficient (Wildman–Crippen LogP) is 3.39. The van der Waals surface area contributed by atoms with Gasteiger partial charge in [-0.3, -0.25) is 9.59 Å². The zero-order valence-corrected chi connectivity index (χ0v) is 15.2. The third-order valence-electron chi connectivity index (χ3n) is 3.75. The molecule has 9 heteroatoms. The monoisotopic (exact) mass is 406 g/mol. The molecule has 0 heterocycles. The lowest BCUT2D eigenvalue weighted by atomic mass is 10.1. The van der Waals surface area contributed by atoms with Crippen molar-refractivity contribution in [2.45, 2.75) is 19.2 Å². The van der Waals surface area contributed by atoms with Gasteiger partial charge >= 0.3 is 12.1 Å². The molecule has 0 aliphatic rings. The van der Waals surface area contributed by atoms with E-state index in [1.807, 2.05) is 0 Å². The topological polar surface area (TPSA) is 98.5 Å². The zero-order valence-electron chi connectivity index (χ0n) is 15.2. The Morgan fingerprint density at radius 2 is 1.62 bits per heavy atom. The summed E-state index contributed by atoms with van der Waals surface area (Å²) in [5.74, 6) is -2.05. The quantitative estimate of drug-likeness (QED) is 0.568. The maximum Gasteiger partial charge on any atom is 0.416 e. The van der Waals surface area contributed by atoms with Crippen LogP contribution in [0.15, 0.2) is 54.6 Å². The van der Waals surface area contributed by atoms with Crippen molar-refractivity contribution in [3.63, 3.8) is 0 Å². The molecule has 0 spiro atoms. The first-order chi connectivity index (χ1) is 13.6. The highest BCUT2D eigenvalue weighted by Crippen LogP contribution is 2.29. The van der Waals surface area contributed by atoms with E-state index in [1.54, 1.807) is 0 Å². The minimum Gasteiger partial charge on any atom is -0.449 e. The Morgan fingerprint density at radius 3 is 2.14 bits per heavy atom. The van der Waals surface area contributed by atoms with E-state index in [2.05, 4.69) is 5.32 Å². The van der Waals surface area contributed by atoms with Gasteiger partial charge in [-0.2, -0.15) is 13.2 Å². The third-order valence-corrected chi connectivity index (χ3v) is 3.75. The smallest absolute Gasteiger partial charge is 0.416 e. The molecule has 0 aliphatic heterocycles. The van der Waals surface area contributed by atoms with Gasteiger partial charge in [-0.05, 0) is 55.0 Å². The van der Waals surface area contributed by atoms with E-state index in [0.29, 0.717) is 11.3 Å². The van der Waals surface area contributed by atoms with Gasteiger partial charge in [0, 0.05) is 17.3 Å². The van der Waals surface area contributed by atoms with E-state index in [0.717, 1.165) is 18.2 Å². The van der Waals surface area contributed by atoms with E-state index < -0.39 is 35.6 Å². The Morgan fingerprint density at radius 1 is 1.03 bits per heavy atom. The molecule has 152 valence electrons. The summed E-state index contributed by atoms with van der Waals surface area (Å²) in [5, 5.41) is 2.51. The van der Waals surface area contributed by atoms with Gasteiger partial charge in [-0.25, -0.2) is 4.79 Å². The van der Waals surface area contributed by atoms with Crippen LogP contribution < -0.4 is 11.1 Å². The number of alkyl halides is 3. The summed E-state index contributed by atoms with van der Waals surface area (Å²) >= 11 is 0. The second-order valence-electron chi connectivity index (χ2n) is 5.96. The average molecular weight is 406 g/mol. The number of ether oxygens (including phenoxy) is 1. The second kappa shape index (κ2) is 9.05. The minimum atomic E-state index is -4.44. The molecule has 3 N–H and O–H groups in total. The Bertz CT molecular complexity index is 920. The molecule has 1 atom stereocenters. The molecule has 0 radical (unpaired) electrons. The number of anilines is 1. The van der Waals surface area contributed by atoms with Gasteiger partial charge in [0.05, 0.1) is 5.56 Å². The summed E-state index contributed by atoms with van der Waals surface area (Å²) in [7, 11) is 0. The Hall–Kier alpha value is -3.62. The third kappa shape index (κ3) is 6.49. The molecule has 2 aromatic rings. The van der Waals surface area contributed by atoms with Crippen LogP contribution in [0, 0.1) is 0 Å². The first-order valence-electron chi connectivity index (χ1n) is 8.33. The fourth-order valence-corrected chi connectivity index (χ4v) is 2.18. The van der Waals surface area contributed by atoms with Gasteiger partial charge < -0.3 is 15.8 Å². The van der Waals surface area contributed by atoms with Crippen molar-refractivity contribution in [3.05, 3.63) is 71.3 Å². The van der Waals surface area contributed by atoms with E-state index in [1.165, 1.54) is 49.4 Å². The second-order valence-corrected chi connectivity index (χ2v) is 5.96. The van der Waals surface area contributed by atoms with Crippen LogP contribution in [0.25, 0.3) is 6.08 Å². The number of rotatable bonds is 6. The summed E-state index contributed by atoms with van der Waals surface area (Å²) in [6.07, 6.45) is -3.29. The summed E-state index contributed by atoms with van der Waals surface area (Å²) in [5.41, 5.74) is 5.34. The molecule has 0 saturated heterocycles. The van der Waals surface area contributed by atoms with Crippen LogP contribution in [-0.4, -0.2) is 23.9 Å². The number of halogens is 3. The van der Waals surface area contributed by atoms with E-state index in [-0.39, 0.29) is 5.56 Å². The normalized spacial score (nSPS) is 12.4. The van der Waals surface area contributed by atoms with Crippen LogP contribution in [0.4, 0.5) is 18.9 Å². The number of primary amides is 1. The lowest BCUT2D eigenvalue weighted by molar-refractivity contribution is -0.148. The van der Waals surface area contributed by atoms with Crippen LogP contribution >= 0.6 is 0 Å². The highest BCUT2D eigenvalue weighted by Gasteiger charge is 2.29. The van der Waals surface area contributed by atoms with Gasteiger partial charge in [-0.1, -0.05) is 12.1 Å². The Balaban J connectivity index is 1.89. The van der Waals surface area contributed by atoms with Crippen LogP contribution in [0.1, 0.15) is 28.4 Å². The van der Waals surface area contributed by atoms with Crippen molar-refractivity contribution < 1.29 is 32.3 Å². The standard InChI is InChI=1S/C20H17F3N2O4/c1-12(19(28)25-16-9-5-14(6-10-16)18(24)27)29-17(26)11-4-13-2-7-15(8-3-13)20(21,22)23/h2-12H,1H3,(H2,24,27)(H,25,28)/b11-4-/t12-/m1/s1. The highest BCUT2D eigenvalue weighted by molar-refractivity contribution is 5.97. The molecule has 2 rings (SSSR count). The number of carbonyl (C=O) groups excluding carboxylic acids is 3. The maximum absolute atomic E-state index is 12.5. The van der Waals surface area contributed by atoms with Crippen molar-refractivity contribution in [1.29, 1.82) is 0 Å². The number of esters is 1. The lowest BCUT2D eigenvalue weighted by Gasteiger charge is -2.12. The molecule has 0 fully saturated rings. The molecule has 29 heavy (non-hydrogen) atoms. The molecule has 6 nitrogen and oxygen atoms in total. The number of nitrogens with two attached hydrogens (primary N) is 1. The molecule has 0 aromatic heterocycles. The maximum atomic E-state index is 12.5.